The quantitative estimate of drug-likeness (QED) is 0.204. The molecule has 2 aromatic heterocycles. The molecule has 0 radical (unpaired) electrons. The molecule has 32 heavy (non-hydrogen) atoms. The Balaban J connectivity index is 1.78. The Labute approximate surface area is 176 Å². The number of rotatable bonds is 3. The molecule has 4 aromatic rings. The Morgan fingerprint density at radius 1 is 0.938 bits per heavy atom. The Morgan fingerprint density at radius 3 is 2.25 bits per heavy atom. The van der Waals surface area contributed by atoms with Crippen LogP contribution in [-0.2, 0) is 4.74 Å². The van der Waals surface area contributed by atoms with Gasteiger partial charge in [0.25, 0.3) is 0 Å². The van der Waals surface area contributed by atoms with Crippen LogP contribution >= 0.6 is 0 Å². The highest BCUT2D eigenvalue weighted by Crippen LogP contribution is 2.45. The van der Waals surface area contributed by atoms with Crippen LogP contribution in [0.1, 0.15) is 0 Å². The fourth-order valence-corrected chi connectivity index (χ4v) is 3.86. The second-order valence-corrected chi connectivity index (χ2v) is 7.30. The maximum atomic E-state index is 12.7. The lowest BCUT2D eigenvalue weighted by Crippen LogP contribution is -2.54. The van der Waals surface area contributed by atoms with Gasteiger partial charge in [-0.05, 0) is 12.1 Å². The van der Waals surface area contributed by atoms with Gasteiger partial charge < -0.3 is 48.6 Å². The highest BCUT2D eigenvalue weighted by Gasteiger charge is 2.39. The average Bonchev–Trinajstić information content (AvgIpc) is 2.76. The second-order valence-electron chi connectivity index (χ2n) is 7.30. The van der Waals surface area contributed by atoms with Crippen molar-refractivity contribution in [2.24, 2.45) is 0 Å². The van der Waals surface area contributed by atoms with Crippen LogP contribution in [0.25, 0.3) is 32.7 Å². The molecule has 5 rings (SSSR count). The SMILES string of the molecule is COc1c(O)cc2c(=O)oc3c(O)c(O[C@@H]4OC[C@H](O)[C@@H](O)[C@H]4O)cc4c(=O)oc1c2c34. The molecule has 1 aliphatic heterocycles. The smallest absolute Gasteiger partial charge is 0.344 e. The van der Waals surface area contributed by atoms with Crippen LogP contribution in [0.3, 0.4) is 0 Å². The van der Waals surface area contributed by atoms with E-state index in [4.69, 9.17) is 23.0 Å². The van der Waals surface area contributed by atoms with E-state index in [0.717, 1.165) is 12.1 Å². The molecule has 0 amide bonds. The van der Waals surface area contributed by atoms with E-state index in [1.807, 2.05) is 0 Å². The number of benzene rings is 2. The monoisotopic (exact) mass is 448 g/mol. The third-order valence-electron chi connectivity index (χ3n) is 5.42. The first-order valence-electron chi connectivity index (χ1n) is 9.34. The van der Waals surface area contributed by atoms with E-state index in [9.17, 15) is 35.1 Å². The number of hydrogen-bond donors (Lipinski definition) is 5. The Kier molecular flexibility index (Phi) is 4.43. The van der Waals surface area contributed by atoms with E-state index in [1.165, 1.54) is 7.11 Å². The molecular formula is C20H16O12. The molecule has 1 aliphatic rings. The predicted octanol–water partition coefficient (Wildman–Crippen LogP) is -0.272. The molecule has 3 heterocycles. The molecule has 0 aliphatic carbocycles. The van der Waals surface area contributed by atoms with Crippen LogP contribution in [0.2, 0.25) is 0 Å². The van der Waals surface area contributed by atoms with Crippen molar-refractivity contribution in [3.8, 4) is 23.0 Å². The molecule has 5 N–H and O–H groups in total. The van der Waals surface area contributed by atoms with Crippen LogP contribution < -0.4 is 20.7 Å². The van der Waals surface area contributed by atoms with E-state index in [-0.39, 0.29) is 39.5 Å². The third kappa shape index (κ3) is 2.71. The predicted molar refractivity (Wildman–Crippen MR) is 105 cm³/mol. The number of phenolic OH excluding ortho intramolecular Hbond substituents is 2. The van der Waals surface area contributed by atoms with Gasteiger partial charge in [0.15, 0.2) is 22.7 Å². The normalized spacial score (nSPS) is 23.9. The van der Waals surface area contributed by atoms with Crippen LogP contribution in [-0.4, -0.2) is 63.9 Å². The van der Waals surface area contributed by atoms with Gasteiger partial charge >= 0.3 is 11.3 Å². The van der Waals surface area contributed by atoms with Crippen molar-refractivity contribution < 1.29 is 48.6 Å². The maximum absolute atomic E-state index is 12.7. The van der Waals surface area contributed by atoms with Gasteiger partial charge in [0.1, 0.15) is 18.3 Å². The van der Waals surface area contributed by atoms with Crippen molar-refractivity contribution in [3.05, 3.63) is 33.0 Å². The molecule has 4 atom stereocenters. The molecule has 0 saturated carbocycles. The summed E-state index contributed by atoms with van der Waals surface area (Å²) in [4.78, 5) is 25.3. The number of aliphatic hydroxyl groups excluding tert-OH is 3. The van der Waals surface area contributed by atoms with E-state index in [1.54, 1.807) is 0 Å². The Hall–Kier alpha value is -3.58. The van der Waals surface area contributed by atoms with Crippen molar-refractivity contribution in [2.45, 2.75) is 24.6 Å². The zero-order valence-electron chi connectivity index (χ0n) is 16.3. The molecule has 0 bridgehead atoms. The van der Waals surface area contributed by atoms with Gasteiger partial charge in [-0.25, -0.2) is 9.59 Å². The lowest BCUT2D eigenvalue weighted by Gasteiger charge is -2.35. The molecule has 1 saturated heterocycles. The lowest BCUT2D eigenvalue weighted by molar-refractivity contribution is -0.242. The summed E-state index contributed by atoms with van der Waals surface area (Å²) in [5, 5.41) is 50.2. The van der Waals surface area contributed by atoms with Gasteiger partial charge in [0.05, 0.1) is 24.5 Å². The van der Waals surface area contributed by atoms with Crippen molar-refractivity contribution in [3.63, 3.8) is 0 Å². The minimum atomic E-state index is -1.68. The molecule has 0 unspecified atom stereocenters. The van der Waals surface area contributed by atoms with Crippen molar-refractivity contribution in [2.75, 3.05) is 13.7 Å². The molecular weight excluding hydrogens is 432 g/mol. The highest BCUT2D eigenvalue weighted by atomic mass is 16.7. The maximum Gasteiger partial charge on any atom is 0.344 e. The number of hydrogen-bond acceptors (Lipinski definition) is 12. The third-order valence-corrected chi connectivity index (χ3v) is 5.42. The van der Waals surface area contributed by atoms with E-state index < -0.39 is 58.7 Å². The fourth-order valence-electron chi connectivity index (χ4n) is 3.86. The second kappa shape index (κ2) is 6.97. The van der Waals surface area contributed by atoms with E-state index in [0.29, 0.717) is 0 Å². The minimum absolute atomic E-state index is 0.0227. The van der Waals surface area contributed by atoms with Gasteiger partial charge in [-0.1, -0.05) is 0 Å². The fraction of sp³-hybridized carbons (Fsp3) is 0.300. The molecule has 168 valence electrons. The average molecular weight is 448 g/mol. The summed E-state index contributed by atoms with van der Waals surface area (Å²) in [6.07, 6.45) is -6.12. The van der Waals surface area contributed by atoms with E-state index in [2.05, 4.69) is 0 Å². The zero-order valence-corrected chi connectivity index (χ0v) is 16.3. The number of aromatic hydroxyl groups is 2. The largest absolute Gasteiger partial charge is 0.504 e. The van der Waals surface area contributed by atoms with Gasteiger partial charge in [-0.15, -0.1) is 0 Å². The first kappa shape index (κ1) is 20.3. The number of methoxy groups -OCH3 is 1. The summed E-state index contributed by atoms with van der Waals surface area (Å²) >= 11 is 0. The van der Waals surface area contributed by atoms with Crippen LogP contribution in [0, 0.1) is 0 Å². The van der Waals surface area contributed by atoms with Crippen molar-refractivity contribution in [1.82, 2.24) is 0 Å². The van der Waals surface area contributed by atoms with Gasteiger partial charge in [-0.2, -0.15) is 0 Å². The van der Waals surface area contributed by atoms with Gasteiger partial charge in [0, 0.05) is 10.8 Å². The standard InChI is InChI=1S/C20H16O12/c1-28-15-7(21)2-5-11-10-6(19(27)32-17(11)15)3-9(13(24)16(10)31-18(5)26)30-20-14(25)12(23)8(22)4-29-20/h2-3,8,12,14,20-25H,4H2,1H3/t8-,12+,14+,20-/m0/s1. The molecule has 0 spiro atoms. The highest BCUT2D eigenvalue weighted by molar-refractivity contribution is 6.22. The summed E-state index contributed by atoms with van der Waals surface area (Å²) in [5.41, 5.74) is -2.50. The Morgan fingerprint density at radius 2 is 1.56 bits per heavy atom. The summed E-state index contributed by atoms with van der Waals surface area (Å²) in [7, 11) is 1.23. The molecule has 2 aromatic carbocycles. The van der Waals surface area contributed by atoms with Crippen molar-refractivity contribution >= 4 is 32.7 Å². The van der Waals surface area contributed by atoms with Crippen molar-refractivity contribution in [1.29, 1.82) is 0 Å². The summed E-state index contributed by atoms with van der Waals surface area (Å²) in [5.74, 6) is -1.73. The van der Waals surface area contributed by atoms with Gasteiger partial charge in [0.2, 0.25) is 17.8 Å². The van der Waals surface area contributed by atoms with Gasteiger partial charge in [-0.3, -0.25) is 0 Å². The first-order valence-corrected chi connectivity index (χ1v) is 9.34. The van der Waals surface area contributed by atoms with Crippen LogP contribution in [0.15, 0.2) is 30.6 Å². The lowest BCUT2D eigenvalue weighted by atomic mass is 10.0. The molecule has 12 nitrogen and oxygen atoms in total. The first-order chi connectivity index (χ1) is 15.2. The topological polar surface area (TPSA) is 189 Å². The minimum Gasteiger partial charge on any atom is -0.504 e. The van der Waals surface area contributed by atoms with E-state index >= 15 is 0 Å². The Bertz CT molecular complexity index is 1470. The number of ether oxygens (including phenoxy) is 3. The van der Waals surface area contributed by atoms with Crippen LogP contribution in [0.4, 0.5) is 0 Å². The molecule has 1 fully saturated rings. The summed E-state index contributed by atoms with van der Waals surface area (Å²) in [6.45, 7) is -0.363. The zero-order chi connectivity index (χ0) is 22.9. The summed E-state index contributed by atoms with van der Waals surface area (Å²) < 4.78 is 26.2. The number of phenols is 2. The number of aliphatic hydroxyl groups is 3. The van der Waals surface area contributed by atoms with Crippen LogP contribution in [0.5, 0.6) is 23.0 Å². The molecule has 12 heteroatoms. The summed E-state index contributed by atoms with van der Waals surface area (Å²) in [6, 6.07) is 2.18.